The minimum Gasteiger partial charge on any atom is -0.309 e. The molecule has 4 nitrogen and oxygen atoms in total. The van der Waals surface area contributed by atoms with Crippen LogP contribution in [0.2, 0.25) is 0 Å². The standard InChI is InChI=1S/C19H19N3OS/c20-13-14-6-5-7-15(12-14)18(24-16-8-1-2-9-16)19(23)22-17-10-3-4-11-21-17/h3-7,10-12,16,18H,1-2,8-9H2,(H,21,22,23). The minimum absolute atomic E-state index is 0.0827. The summed E-state index contributed by atoms with van der Waals surface area (Å²) in [4.78, 5) is 17.0. The average Bonchev–Trinajstić information content (AvgIpc) is 3.14. The lowest BCUT2D eigenvalue weighted by molar-refractivity contribution is -0.115. The third-order valence-electron chi connectivity index (χ3n) is 4.10. The summed E-state index contributed by atoms with van der Waals surface area (Å²) in [5.74, 6) is 0.469. The molecule has 1 aromatic heterocycles. The molecule has 1 aliphatic rings. The first-order chi connectivity index (χ1) is 11.8. The Bertz CT molecular complexity index is 736. The first-order valence-corrected chi connectivity index (χ1v) is 9.08. The number of carbonyl (C=O) groups excluding carboxylic acids is 1. The molecule has 122 valence electrons. The number of hydrogen-bond acceptors (Lipinski definition) is 4. The van der Waals surface area contributed by atoms with Crippen molar-refractivity contribution in [2.45, 2.75) is 36.2 Å². The summed E-state index contributed by atoms with van der Waals surface area (Å²) < 4.78 is 0. The van der Waals surface area contributed by atoms with Crippen LogP contribution in [0.5, 0.6) is 0 Å². The van der Waals surface area contributed by atoms with Gasteiger partial charge in [-0.05, 0) is 42.7 Å². The van der Waals surface area contributed by atoms with Crippen LogP contribution in [0, 0.1) is 11.3 Å². The molecular formula is C19H19N3OS. The lowest BCUT2D eigenvalue weighted by Gasteiger charge is -2.20. The molecule has 1 fully saturated rings. The van der Waals surface area contributed by atoms with Gasteiger partial charge in [0.25, 0.3) is 0 Å². The van der Waals surface area contributed by atoms with Crippen LogP contribution >= 0.6 is 11.8 Å². The van der Waals surface area contributed by atoms with Gasteiger partial charge in [0.1, 0.15) is 11.1 Å². The molecule has 2 aromatic rings. The number of benzene rings is 1. The minimum atomic E-state index is -0.330. The molecule has 3 rings (SSSR count). The summed E-state index contributed by atoms with van der Waals surface area (Å²) in [5.41, 5.74) is 1.45. The van der Waals surface area contributed by atoms with Gasteiger partial charge >= 0.3 is 0 Å². The predicted molar refractivity (Wildman–Crippen MR) is 96.6 cm³/mol. The highest BCUT2D eigenvalue weighted by atomic mass is 32.2. The fourth-order valence-corrected chi connectivity index (χ4v) is 4.39. The Morgan fingerprint density at radius 1 is 1.25 bits per heavy atom. The first-order valence-electron chi connectivity index (χ1n) is 8.13. The van der Waals surface area contributed by atoms with E-state index in [0.29, 0.717) is 16.6 Å². The Hall–Kier alpha value is -2.32. The number of hydrogen-bond donors (Lipinski definition) is 1. The second-order valence-electron chi connectivity index (χ2n) is 5.86. The fraction of sp³-hybridized carbons (Fsp3) is 0.316. The van der Waals surface area contributed by atoms with Gasteiger partial charge in [0.15, 0.2) is 0 Å². The van der Waals surface area contributed by atoms with Crippen molar-refractivity contribution in [1.29, 1.82) is 5.26 Å². The summed E-state index contributed by atoms with van der Waals surface area (Å²) in [6.45, 7) is 0. The molecule has 1 N–H and O–H groups in total. The van der Waals surface area contributed by atoms with Crippen molar-refractivity contribution in [2.24, 2.45) is 0 Å². The fourth-order valence-electron chi connectivity index (χ4n) is 2.91. The topological polar surface area (TPSA) is 65.8 Å². The van der Waals surface area contributed by atoms with Crippen LogP contribution in [-0.4, -0.2) is 16.1 Å². The van der Waals surface area contributed by atoms with Crippen LogP contribution in [0.1, 0.15) is 42.1 Å². The quantitative estimate of drug-likeness (QED) is 0.883. The number of anilines is 1. The third-order valence-corrected chi connectivity index (χ3v) is 5.72. The van der Waals surface area contributed by atoms with Crippen molar-refractivity contribution in [3.8, 4) is 6.07 Å². The van der Waals surface area contributed by atoms with Crippen molar-refractivity contribution >= 4 is 23.5 Å². The number of rotatable bonds is 5. The van der Waals surface area contributed by atoms with Crippen LogP contribution in [0.3, 0.4) is 0 Å². The van der Waals surface area contributed by atoms with E-state index < -0.39 is 0 Å². The van der Waals surface area contributed by atoms with E-state index in [2.05, 4.69) is 16.4 Å². The van der Waals surface area contributed by atoms with Crippen LogP contribution in [0.15, 0.2) is 48.7 Å². The van der Waals surface area contributed by atoms with Gasteiger partial charge in [0.05, 0.1) is 11.6 Å². The van der Waals surface area contributed by atoms with Crippen molar-refractivity contribution < 1.29 is 4.79 Å². The van der Waals surface area contributed by atoms with Crippen LogP contribution in [0.25, 0.3) is 0 Å². The van der Waals surface area contributed by atoms with Gasteiger partial charge in [-0.25, -0.2) is 4.98 Å². The lowest BCUT2D eigenvalue weighted by Crippen LogP contribution is -2.21. The van der Waals surface area contributed by atoms with Gasteiger partial charge in [-0.3, -0.25) is 4.79 Å². The number of thioether (sulfide) groups is 1. The summed E-state index contributed by atoms with van der Waals surface area (Å²) in [6, 6.07) is 14.9. The van der Waals surface area contributed by atoms with Crippen molar-refractivity contribution in [1.82, 2.24) is 4.98 Å². The van der Waals surface area contributed by atoms with E-state index in [1.54, 1.807) is 30.1 Å². The Balaban J connectivity index is 1.83. The maximum atomic E-state index is 12.8. The second-order valence-corrected chi connectivity index (χ2v) is 7.27. The van der Waals surface area contributed by atoms with Crippen LogP contribution in [0.4, 0.5) is 5.82 Å². The number of carbonyl (C=O) groups is 1. The first kappa shape index (κ1) is 16.5. The van der Waals surface area contributed by atoms with Crippen LogP contribution in [-0.2, 0) is 4.79 Å². The normalized spacial score (nSPS) is 15.6. The Morgan fingerprint density at radius 2 is 2.08 bits per heavy atom. The molecule has 1 heterocycles. The van der Waals surface area contributed by atoms with E-state index in [1.165, 1.54) is 12.8 Å². The van der Waals surface area contributed by atoms with E-state index in [9.17, 15) is 4.79 Å². The molecule has 0 bridgehead atoms. The molecule has 24 heavy (non-hydrogen) atoms. The van der Waals surface area contributed by atoms with E-state index >= 15 is 0 Å². The maximum Gasteiger partial charge on any atom is 0.243 e. The highest BCUT2D eigenvalue weighted by Gasteiger charge is 2.27. The number of nitriles is 1. The molecule has 0 saturated heterocycles. The highest BCUT2D eigenvalue weighted by molar-refractivity contribution is 8.00. The average molecular weight is 337 g/mol. The molecule has 1 amide bonds. The van der Waals surface area contributed by atoms with Gasteiger partial charge in [-0.15, -0.1) is 11.8 Å². The number of nitrogens with one attached hydrogen (secondary N) is 1. The van der Waals surface area contributed by atoms with Gasteiger partial charge in [-0.2, -0.15) is 5.26 Å². The Morgan fingerprint density at radius 3 is 2.79 bits per heavy atom. The van der Waals surface area contributed by atoms with Crippen molar-refractivity contribution in [3.05, 3.63) is 59.8 Å². The molecule has 0 radical (unpaired) electrons. The van der Waals surface area contributed by atoms with Gasteiger partial charge in [0, 0.05) is 11.4 Å². The number of nitrogens with zero attached hydrogens (tertiary/aromatic N) is 2. The molecule has 5 heteroatoms. The maximum absolute atomic E-state index is 12.8. The summed E-state index contributed by atoms with van der Waals surface area (Å²) >= 11 is 1.70. The summed E-state index contributed by atoms with van der Waals surface area (Å²) in [5, 5.41) is 12.2. The Labute approximate surface area is 146 Å². The molecule has 1 aliphatic carbocycles. The van der Waals surface area contributed by atoms with Crippen molar-refractivity contribution in [2.75, 3.05) is 5.32 Å². The van der Waals surface area contributed by atoms with E-state index in [4.69, 9.17) is 5.26 Å². The second kappa shape index (κ2) is 7.98. The number of amides is 1. The Kier molecular flexibility index (Phi) is 5.50. The molecule has 0 aliphatic heterocycles. The van der Waals surface area contributed by atoms with Crippen LogP contribution < -0.4 is 5.32 Å². The SMILES string of the molecule is N#Cc1cccc(C(SC2CCCC2)C(=O)Nc2ccccn2)c1. The smallest absolute Gasteiger partial charge is 0.243 e. The van der Waals surface area contributed by atoms with Gasteiger partial charge in [0.2, 0.25) is 5.91 Å². The van der Waals surface area contributed by atoms with E-state index in [0.717, 1.165) is 18.4 Å². The summed E-state index contributed by atoms with van der Waals surface area (Å²) in [7, 11) is 0. The number of aromatic nitrogens is 1. The monoisotopic (exact) mass is 337 g/mol. The third kappa shape index (κ3) is 4.15. The van der Waals surface area contributed by atoms with Gasteiger partial charge < -0.3 is 5.32 Å². The molecule has 1 saturated carbocycles. The zero-order valence-corrected chi connectivity index (χ0v) is 14.1. The highest BCUT2D eigenvalue weighted by Crippen LogP contribution is 2.40. The molecular weight excluding hydrogens is 318 g/mol. The lowest BCUT2D eigenvalue weighted by atomic mass is 10.1. The molecule has 0 spiro atoms. The zero-order valence-electron chi connectivity index (χ0n) is 13.3. The van der Waals surface area contributed by atoms with E-state index in [-0.39, 0.29) is 11.2 Å². The molecule has 1 atom stereocenters. The van der Waals surface area contributed by atoms with Gasteiger partial charge in [-0.1, -0.05) is 31.0 Å². The largest absolute Gasteiger partial charge is 0.309 e. The molecule has 1 unspecified atom stereocenters. The zero-order chi connectivity index (χ0) is 16.8. The summed E-state index contributed by atoms with van der Waals surface area (Å²) in [6.07, 6.45) is 6.41. The van der Waals surface area contributed by atoms with Crippen molar-refractivity contribution in [3.63, 3.8) is 0 Å². The van der Waals surface area contributed by atoms with E-state index in [1.807, 2.05) is 30.3 Å². The predicted octanol–water partition coefficient (Wildman–Crippen LogP) is 4.31. The number of pyridine rings is 1. The molecule has 1 aromatic carbocycles.